The Kier molecular flexibility index (Phi) is 6.53. The minimum Gasteiger partial charge on any atom is -0.465 e. The summed E-state index contributed by atoms with van der Waals surface area (Å²) in [5, 5.41) is 2.88. The maximum Gasteiger partial charge on any atom is 0.243 e. The van der Waals surface area contributed by atoms with Crippen LogP contribution in [0, 0.1) is 6.92 Å². The van der Waals surface area contributed by atoms with E-state index in [4.69, 9.17) is 4.42 Å². The normalized spacial score (nSPS) is 16.4. The molecule has 0 saturated carbocycles. The SMILES string of the molecule is Cc1ccc(C(CNC(=O)CN(C)S(=O)(=O)c2ccccc2)N2CCCC2)o1. The van der Waals surface area contributed by atoms with E-state index in [1.54, 1.807) is 18.2 Å². The van der Waals surface area contributed by atoms with Crippen molar-refractivity contribution >= 4 is 15.9 Å². The zero-order valence-electron chi connectivity index (χ0n) is 16.3. The number of nitrogens with zero attached hydrogens (tertiary/aromatic N) is 2. The second-order valence-corrected chi connectivity index (χ2v) is 9.13. The summed E-state index contributed by atoms with van der Waals surface area (Å²) in [6.07, 6.45) is 2.25. The summed E-state index contributed by atoms with van der Waals surface area (Å²) in [5.41, 5.74) is 0. The molecule has 1 aliphatic heterocycles. The maximum absolute atomic E-state index is 12.6. The number of likely N-dealkylation sites (tertiary alicyclic amines) is 1. The molecule has 0 spiro atoms. The van der Waals surface area contributed by atoms with Crippen LogP contribution in [0.2, 0.25) is 0 Å². The van der Waals surface area contributed by atoms with Crippen molar-refractivity contribution < 1.29 is 17.6 Å². The van der Waals surface area contributed by atoms with E-state index >= 15 is 0 Å². The number of aryl methyl sites for hydroxylation is 1. The summed E-state index contributed by atoms with van der Waals surface area (Å²) in [6.45, 7) is 3.96. The van der Waals surface area contributed by atoms with Gasteiger partial charge in [-0.1, -0.05) is 18.2 Å². The molecule has 1 aliphatic rings. The Morgan fingerprint density at radius 2 is 1.86 bits per heavy atom. The highest BCUT2D eigenvalue weighted by atomic mass is 32.2. The molecule has 8 heteroatoms. The molecule has 2 aromatic rings. The first-order valence-electron chi connectivity index (χ1n) is 9.46. The van der Waals surface area contributed by atoms with Crippen LogP contribution >= 0.6 is 0 Å². The third-order valence-electron chi connectivity index (χ3n) is 4.98. The van der Waals surface area contributed by atoms with Crippen LogP contribution in [-0.4, -0.2) is 56.8 Å². The van der Waals surface area contributed by atoms with Crippen LogP contribution in [0.25, 0.3) is 0 Å². The second kappa shape index (κ2) is 8.89. The molecule has 1 unspecified atom stereocenters. The Balaban J connectivity index is 1.61. The number of rotatable bonds is 8. The van der Waals surface area contributed by atoms with Gasteiger partial charge in [0.25, 0.3) is 0 Å². The van der Waals surface area contributed by atoms with Crippen LogP contribution in [0.1, 0.15) is 30.4 Å². The van der Waals surface area contributed by atoms with E-state index in [0.29, 0.717) is 6.54 Å². The number of amides is 1. The van der Waals surface area contributed by atoms with E-state index in [1.807, 2.05) is 19.1 Å². The standard InChI is InChI=1S/C20H27N3O4S/c1-16-10-11-19(27-16)18(23-12-6-7-13-23)14-21-20(24)15-22(2)28(25,26)17-8-4-3-5-9-17/h3-5,8-11,18H,6-7,12-15H2,1-2H3,(H,21,24). The Bertz CT molecular complexity index is 889. The molecule has 152 valence electrons. The molecule has 0 radical (unpaired) electrons. The number of hydrogen-bond acceptors (Lipinski definition) is 5. The molecule has 1 aromatic carbocycles. The van der Waals surface area contributed by atoms with E-state index in [0.717, 1.165) is 41.8 Å². The van der Waals surface area contributed by atoms with Crippen LogP contribution in [0.3, 0.4) is 0 Å². The van der Waals surface area contributed by atoms with E-state index < -0.39 is 10.0 Å². The van der Waals surface area contributed by atoms with E-state index in [9.17, 15) is 13.2 Å². The van der Waals surface area contributed by atoms with Crippen LogP contribution in [-0.2, 0) is 14.8 Å². The zero-order valence-corrected chi connectivity index (χ0v) is 17.1. The fourth-order valence-electron chi connectivity index (χ4n) is 3.42. The monoisotopic (exact) mass is 405 g/mol. The lowest BCUT2D eigenvalue weighted by molar-refractivity contribution is -0.121. The first-order chi connectivity index (χ1) is 13.4. The summed E-state index contributed by atoms with van der Waals surface area (Å²) >= 11 is 0. The van der Waals surface area contributed by atoms with Crippen LogP contribution in [0.5, 0.6) is 0 Å². The van der Waals surface area contributed by atoms with Gasteiger partial charge in [0, 0.05) is 13.6 Å². The Hall–Kier alpha value is -2.16. The van der Waals surface area contributed by atoms with Crippen LogP contribution in [0.4, 0.5) is 0 Å². The fraction of sp³-hybridized carbons (Fsp3) is 0.450. The van der Waals surface area contributed by atoms with Crippen molar-refractivity contribution in [1.82, 2.24) is 14.5 Å². The number of hydrogen-bond donors (Lipinski definition) is 1. The lowest BCUT2D eigenvalue weighted by atomic mass is 10.2. The van der Waals surface area contributed by atoms with E-state index in [1.165, 1.54) is 19.2 Å². The summed E-state index contributed by atoms with van der Waals surface area (Å²) in [4.78, 5) is 14.9. The smallest absolute Gasteiger partial charge is 0.243 e. The van der Waals surface area contributed by atoms with E-state index in [2.05, 4.69) is 10.2 Å². The maximum atomic E-state index is 12.6. The van der Waals surface area contributed by atoms with E-state index in [-0.39, 0.29) is 23.4 Å². The molecule has 3 rings (SSSR count). The van der Waals surface area contributed by atoms with Crippen LogP contribution < -0.4 is 5.32 Å². The molecule has 1 atom stereocenters. The molecule has 0 aliphatic carbocycles. The van der Waals surface area contributed by atoms with Gasteiger partial charge in [-0.15, -0.1) is 0 Å². The Morgan fingerprint density at radius 3 is 2.46 bits per heavy atom. The number of carbonyl (C=O) groups excluding carboxylic acids is 1. The average Bonchev–Trinajstić information content (AvgIpc) is 3.35. The molecular weight excluding hydrogens is 378 g/mol. The second-order valence-electron chi connectivity index (χ2n) is 7.09. The molecule has 7 nitrogen and oxygen atoms in total. The number of furan rings is 1. The number of benzene rings is 1. The third-order valence-corrected chi connectivity index (χ3v) is 6.80. The lowest BCUT2D eigenvalue weighted by Gasteiger charge is -2.26. The van der Waals surface area contributed by atoms with Crippen molar-refractivity contribution in [3.63, 3.8) is 0 Å². The van der Waals surface area contributed by atoms with Crippen molar-refractivity contribution in [3.8, 4) is 0 Å². The van der Waals surface area contributed by atoms with Gasteiger partial charge in [0.05, 0.1) is 17.5 Å². The summed E-state index contributed by atoms with van der Waals surface area (Å²) in [6, 6.07) is 11.9. The van der Waals surface area contributed by atoms with Crippen molar-refractivity contribution in [3.05, 3.63) is 54.0 Å². The molecule has 1 aromatic heterocycles. The molecular formula is C20H27N3O4S. The number of likely N-dealkylation sites (N-methyl/N-ethyl adjacent to an activating group) is 1. The molecule has 1 amide bonds. The van der Waals surface area contributed by atoms with Crippen LogP contribution in [0.15, 0.2) is 51.8 Å². The van der Waals surface area contributed by atoms with Gasteiger partial charge in [0.1, 0.15) is 11.5 Å². The first kappa shape index (κ1) is 20.6. The summed E-state index contributed by atoms with van der Waals surface area (Å²) < 4.78 is 32.0. The highest BCUT2D eigenvalue weighted by Gasteiger charge is 2.27. The first-order valence-corrected chi connectivity index (χ1v) is 10.9. The van der Waals surface area contributed by atoms with Crippen molar-refractivity contribution in [2.24, 2.45) is 0 Å². The summed E-state index contributed by atoms with van der Waals surface area (Å²) in [7, 11) is -2.28. The molecule has 1 saturated heterocycles. The molecule has 1 N–H and O–H groups in total. The minimum absolute atomic E-state index is 0.0452. The zero-order chi connectivity index (χ0) is 20.1. The van der Waals surface area contributed by atoms with Gasteiger partial charge >= 0.3 is 0 Å². The van der Waals surface area contributed by atoms with Gasteiger partial charge in [0.15, 0.2) is 0 Å². The van der Waals surface area contributed by atoms with Crippen molar-refractivity contribution in [2.45, 2.75) is 30.7 Å². The quantitative estimate of drug-likeness (QED) is 0.728. The predicted molar refractivity (Wildman–Crippen MR) is 106 cm³/mol. The topological polar surface area (TPSA) is 82.9 Å². The molecule has 2 heterocycles. The van der Waals surface area contributed by atoms with Gasteiger partial charge in [-0.05, 0) is 57.1 Å². The lowest BCUT2D eigenvalue weighted by Crippen LogP contribution is -2.42. The van der Waals surface area contributed by atoms with Gasteiger partial charge in [-0.3, -0.25) is 9.69 Å². The van der Waals surface area contributed by atoms with Crippen molar-refractivity contribution in [1.29, 1.82) is 0 Å². The van der Waals surface area contributed by atoms with Crippen molar-refractivity contribution in [2.75, 3.05) is 33.2 Å². The Labute approximate surface area is 166 Å². The van der Waals surface area contributed by atoms with Gasteiger partial charge in [0.2, 0.25) is 15.9 Å². The number of carbonyl (C=O) groups is 1. The number of nitrogens with one attached hydrogen (secondary N) is 1. The fourth-order valence-corrected chi connectivity index (χ4v) is 4.57. The minimum atomic E-state index is -3.69. The highest BCUT2D eigenvalue weighted by molar-refractivity contribution is 7.89. The molecule has 1 fully saturated rings. The molecule has 0 bridgehead atoms. The average molecular weight is 406 g/mol. The largest absolute Gasteiger partial charge is 0.465 e. The third kappa shape index (κ3) is 4.81. The van der Waals surface area contributed by atoms with Gasteiger partial charge in [-0.2, -0.15) is 4.31 Å². The summed E-state index contributed by atoms with van der Waals surface area (Å²) in [5.74, 6) is 1.32. The predicted octanol–water partition coefficient (Wildman–Crippen LogP) is 2.16. The molecule has 28 heavy (non-hydrogen) atoms. The number of sulfonamides is 1. The Morgan fingerprint density at radius 1 is 1.18 bits per heavy atom. The van der Waals surface area contributed by atoms with Gasteiger partial charge in [-0.25, -0.2) is 8.42 Å². The highest BCUT2D eigenvalue weighted by Crippen LogP contribution is 2.26. The van der Waals surface area contributed by atoms with Gasteiger partial charge < -0.3 is 9.73 Å².